The fourth-order valence-corrected chi connectivity index (χ4v) is 2.01. The van der Waals surface area contributed by atoms with Gasteiger partial charge in [0, 0.05) is 21.4 Å². The van der Waals surface area contributed by atoms with E-state index in [1.54, 1.807) is 0 Å². The Morgan fingerprint density at radius 2 is 2.12 bits per heavy atom. The Balaban J connectivity index is 2.64. The highest BCUT2D eigenvalue weighted by atomic mass is 79.9. The van der Waals surface area contributed by atoms with Crippen LogP contribution in [0.1, 0.15) is 13.8 Å². The normalized spacial score (nSPS) is 12.2. The Bertz CT molecular complexity index is 396. The number of nitrogens with one attached hydrogen (secondary N) is 2. The second-order valence-corrected chi connectivity index (χ2v) is 5.59. The van der Waals surface area contributed by atoms with E-state index < -0.39 is 0 Å². The molecule has 1 rings (SSSR count). The van der Waals surface area contributed by atoms with Crippen LogP contribution in [0.2, 0.25) is 0 Å². The van der Waals surface area contributed by atoms with Crippen molar-refractivity contribution in [1.82, 2.24) is 5.32 Å². The van der Waals surface area contributed by atoms with Gasteiger partial charge in [-0.15, -0.1) is 0 Å². The first-order valence-electron chi connectivity index (χ1n) is 5.51. The van der Waals surface area contributed by atoms with Gasteiger partial charge in [0.15, 0.2) is 0 Å². The van der Waals surface area contributed by atoms with E-state index in [-0.39, 0.29) is 11.8 Å². The molecule has 1 aromatic rings. The van der Waals surface area contributed by atoms with Crippen LogP contribution in [0.25, 0.3) is 0 Å². The summed E-state index contributed by atoms with van der Waals surface area (Å²) in [4.78, 5) is 11.9. The fraction of sp³-hybridized carbons (Fsp3) is 0.417. The smallest absolute Gasteiger partial charge is 0.228 e. The van der Waals surface area contributed by atoms with Crippen LogP contribution < -0.4 is 10.6 Å². The van der Waals surface area contributed by atoms with E-state index in [2.05, 4.69) is 42.5 Å². The quantitative estimate of drug-likeness (QED) is 0.841. The van der Waals surface area contributed by atoms with Crippen molar-refractivity contribution in [2.75, 3.05) is 18.4 Å². The molecule has 17 heavy (non-hydrogen) atoms. The number of carbonyl (C=O) groups is 1. The van der Waals surface area contributed by atoms with Crippen molar-refractivity contribution in [3.63, 3.8) is 0 Å². The summed E-state index contributed by atoms with van der Waals surface area (Å²) in [6.45, 7) is 5.49. The van der Waals surface area contributed by atoms with Crippen molar-refractivity contribution in [2.45, 2.75) is 13.8 Å². The molecule has 0 spiro atoms. The monoisotopic (exact) mass is 362 g/mol. The largest absolute Gasteiger partial charge is 0.325 e. The van der Waals surface area contributed by atoms with Gasteiger partial charge in [-0.3, -0.25) is 4.79 Å². The van der Waals surface area contributed by atoms with Crippen LogP contribution >= 0.6 is 31.9 Å². The summed E-state index contributed by atoms with van der Waals surface area (Å²) in [5.74, 6) is -0.0365. The molecule has 94 valence electrons. The topological polar surface area (TPSA) is 41.1 Å². The molecule has 1 unspecified atom stereocenters. The molecule has 5 heteroatoms. The Morgan fingerprint density at radius 1 is 1.41 bits per heavy atom. The Labute approximate surface area is 119 Å². The second kappa shape index (κ2) is 7.13. The van der Waals surface area contributed by atoms with Gasteiger partial charge in [0.25, 0.3) is 0 Å². The van der Waals surface area contributed by atoms with Crippen molar-refractivity contribution in [1.29, 1.82) is 0 Å². The number of hydrogen-bond acceptors (Lipinski definition) is 2. The van der Waals surface area contributed by atoms with Gasteiger partial charge in [-0.1, -0.05) is 29.8 Å². The van der Waals surface area contributed by atoms with Crippen molar-refractivity contribution in [2.24, 2.45) is 5.92 Å². The number of hydrogen-bond donors (Lipinski definition) is 2. The zero-order valence-corrected chi connectivity index (χ0v) is 13.1. The maximum absolute atomic E-state index is 11.9. The average Bonchev–Trinajstić information content (AvgIpc) is 2.30. The lowest BCUT2D eigenvalue weighted by molar-refractivity contribution is -0.119. The Kier molecular flexibility index (Phi) is 6.16. The third-order valence-electron chi connectivity index (χ3n) is 2.33. The molecule has 0 fully saturated rings. The third-order valence-corrected chi connectivity index (χ3v) is 3.52. The molecule has 1 aromatic carbocycles. The summed E-state index contributed by atoms with van der Waals surface area (Å²) in [6, 6.07) is 5.69. The number of anilines is 1. The zero-order valence-electron chi connectivity index (χ0n) is 9.89. The molecule has 0 heterocycles. The molecular formula is C12H16Br2N2O. The van der Waals surface area contributed by atoms with E-state index in [4.69, 9.17) is 0 Å². The lowest BCUT2D eigenvalue weighted by atomic mass is 10.1. The number of benzene rings is 1. The number of halogens is 2. The van der Waals surface area contributed by atoms with E-state index >= 15 is 0 Å². The van der Waals surface area contributed by atoms with Gasteiger partial charge in [-0.2, -0.15) is 0 Å². The van der Waals surface area contributed by atoms with Crippen LogP contribution in [0, 0.1) is 5.92 Å². The first kappa shape index (κ1) is 14.7. The number of amides is 1. The zero-order chi connectivity index (χ0) is 12.8. The van der Waals surface area contributed by atoms with Crippen LogP contribution in [-0.4, -0.2) is 19.0 Å². The maximum Gasteiger partial charge on any atom is 0.228 e. The molecule has 1 amide bonds. The van der Waals surface area contributed by atoms with E-state index in [1.807, 2.05) is 32.0 Å². The standard InChI is InChI=1S/C12H16Br2N2O/c1-3-15-7-8(2)12(17)16-11-6-9(13)4-5-10(11)14/h4-6,8,15H,3,7H2,1-2H3,(H,16,17). The van der Waals surface area contributed by atoms with Crippen LogP contribution in [0.15, 0.2) is 27.1 Å². The highest BCUT2D eigenvalue weighted by Crippen LogP contribution is 2.26. The molecule has 0 radical (unpaired) electrons. The van der Waals surface area contributed by atoms with Crippen LogP contribution in [0.5, 0.6) is 0 Å². The minimum atomic E-state index is -0.0548. The summed E-state index contributed by atoms with van der Waals surface area (Å²) >= 11 is 6.79. The molecule has 0 saturated heterocycles. The molecule has 0 aliphatic heterocycles. The minimum absolute atomic E-state index is 0.0183. The predicted molar refractivity (Wildman–Crippen MR) is 78.2 cm³/mol. The molecule has 0 bridgehead atoms. The molecule has 1 atom stereocenters. The van der Waals surface area contributed by atoms with Crippen molar-refractivity contribution < 1.29 is 4.79 Å². The molecule has 2 N–H and O–H groups in total. The van der Waals surface area contributed by atoms with Crippen LogP contribution in [0.4, 0.5) is 5.69 Å². The van der Waals surface area contributed by atoms with Crippen molar-refractivity contribution in [3.05, 3.63) is 27.1 Å². The average molecular weight is 364 g/mol. The molecule has 0 aliphatic carbocycles. The van der Waals surface area contributed by atoms with Crippen LogP contribution in [-0.2, 0) is 4.79 Å². The summed E-state index contributed by atoms with van der Waals surface area (Å²) in [5.41, 5.74) is 0.785. The van der Waals surface area contributed by atoms with E-state index in [0.717, 1.165) is 21.2 Å². The Morgan fingerprint density at radius 3 is 2.76 bits per heavy atom. The van der Waals surface area contributed by atoms with Gasteiger partial charge in [-0.05, 0) is 40.7 Å². The molecule has 0 aliphatic rings. The summed E-state index contributed by atoms with van der Waals surface area (Å²) in [6.07, 6.45) is 0. The lowest BCUT2D eigenvalue weighted by Crippen LogP contribution is -2.30. The molecule has 3 nitrogen and oxygen atoms in total. The first-order chi connectivity index (χ1) is 8.04. The number of carbonyl (C=O) groups excluding carboxylic acids is 1. The molecular weight excluding hydrogens is 348 g/mol. The third kappa shape index (κ3) is 4.77. The van der Waals surface area contributed by atoms with Crippen molar-refractivity contribution >= 4 is 43.5 Å². The summed E-state index contributed by atoms with van der Waals surface area (Å²) in [5, 5.41) is 6.06. The van der Waals surface area contributed by atoms with Crippen molar-refractivity contribution in [3.8, 4) is 0 Å². The van der Waals surface area contributed by atoms with E-state index in [0.29, 0.717) is 6.54 Å². The fourth-order valence-electron chi connectivity index (χ4n) is 1.30. The highest BCUT2D eigenvalue weighted by Gasteiger charge is 2.13. The van der Waals surface area contributed by atoms with Gasteiger partial charge >= 0.3 is 0 Å². The first-order valence-corrected chi connectivity index (χ1v) is 7.09. The van der Waals surface area contributed by atoms with Gasteiger partial charge in [0.2, 0.25) is 5.91 Å². The van der Waals surface area contributed by atoms with E-state index in [1.165, 1.54) is 0 Å². The van der Waals surface area contributed by atoms with Gasteiger partial charge in [0.1, 0.15) is 0 Å². The molecule has 0 saturated carbocycles. The minimum Gasteiger partial charge on any atom is -0.325 e. The van der Waals surface area contributed by atoms with Gasteiger partial charge in [0.05, 0.1) is 5.69 Å². The molecule has 0 aromatic heterocycles. The highest BCUT2D eigenvalue weighted by molar-refractivity contribution is 9.11. The van der Waals surface area contributed by atoms with Crippen LogP contribution in [0.3, 0.4) is 0 Å². The SMILES string of the molecule is CCNCC(C)C(=O)Nc1cc(Br)ccc1Br. The summed E-state index contributed by atoms with van der Waals surface area (Å²) < 4.78 is 1.82. The predicted octanol–water partition coefficient (Wildman–Crippen LogP) is 3.40. The maximum atomic E-state index is 11.9. The lowest BCUT2D eigenvalue weighted by Gasteiger charge is -2.13. The summed E-state index contributed by atoms with van der Waals surface area (Å²) in [7, 11) is 0. The second-order valence-electron chi connectivity index (χ2n) is 3.82. The van der Waals surface area contributed by atoms with Gasteiger partial charge < -0.3 is 10.6 Å². The van der Waals surface area contributed by atoms with Gasteiger partial charge in [-0.25, -0.2) is 0 Å². The van der Waals surface area contributed by atoms with E-state index in [9.17, 15) is 4.79 Å². The number of rotatable bonds is 5. The Hall–Kier alpha value is -0.390.